The van der Waals surface area contributed by atoms with Crippen LogP contribution in [0.3, 0.4) is 0 Å². The highest BCUT2D eigenvalue weighted by Crippen LogP contribution is 2.09. The molecule has 0 unspecified atom stereocenters. The molecule has 3 nitrogen and oxygen atoms in total. The first-order valence-corrected chi connectivity index (χ1v) is 7.73. The molecule has 0 saturated carbocycles. The normalized spacial score (nSPS) is 10.0. The van der Waals surface area contributed by atoms with E-state index in [1.54, 1.807) is 6.92 Å². The maximum Gasteiger partial charge on any atom is 0.384 e. The van der Waals surface area contributed by atoms with Gasteiger partial charge >= 0.3 is 5.97 Å². The van der Waals surface area contributed by atoms with Crippen LogP contribution in [0.25, 0.3) is 0 Å². The van der Waals surface area contributed by atoms with Crippen molar-refractivity contribution in [1.29, 1.82) is 0 Å². The number of hydrogen-bond acceptors (Lipinski definition) is 3. The van der Waals surface area contributed by atoms with Gasteiger partial charge in [0, 0.05) is 19.0 Å². The molecule has 118 valence electrons. The molecule has 0 fully saturated rings. The average molecular weight is 307 g/mol. The quantitative estimate of drug-likeness (QED) is 0.466. The van der Waals surface area contributed by atoms with Gasteiger partial charge in [-0.2, -0.15) is 0 Å². The van der Waals surface area contributed by atoms with E-state index in [0.717, 1.165) is 13.1 Å². The van der Waals surface area contributed by atoms with Gasteiger partial charge in [-0.15, -0.1) is 0 Å². The molecule has 0 bridgehead atoms. The molecule has 23 heavy (non-hydrogen) atoms. The number of esters is 1. The van der Waals surface area contributed by atoms with Gasteiger partial charge in [0.2, 0.25) is 0 Å². The van der Waals surface area contributed by atoms with Crippen LogP contribution >= 0.6 is 0 Å². The van der Waals surface area contributed by atoms with Crippen molar-refractivity contribution < 1.29 is 9.53 Å². The minimum atomic E-state index is -0.466. The fourth-order valence-corrected chi connectivity index (χ4v) is 2.24. The number of nitrogens with zero attached hydrogens (tertiary/aromatic N) is 1. The van der Waals surface area contributed by atoms with E-state index >= 15 is 0 Å². The SMILES string of the molecule is CCOC(=O)C#CCN(Cc1ccccc1)Cc1ccccc1. The second-order valence-corrected chi connectivity index (χ2v) is 5.14. The predicted octanol–water partition coefficient (Wildman–Crippen LogP) is 3.26. The summed E-state index contributed by atoms with van der Waals surface area (Å²) >= 11 is 0. The van der Waals surface area contributed by atoms with E-state index in [0.29, 0.717) is 13.2 Å². The Balaban J connectivity index is 2.03. The second kappa shape index (κ2) is 9.45. The number of ether oxygens (including phenoxy) is 1. The van der Waals surface area contributed by atoms with Crippen LogP contribution < -0.4 is 0 Å². The summed E-state index contributed by atoms with van der Waals surface area (Å²) in [5.74, 6) is 4.98. The lowest BCUT2D eigenvalue weighted by Gasteiger charge is -2.20. The monoisotopic (exact) mass is 307 g/mol. The fraction of sp³-hybridized carbons (Fsp3) is 0.250. The van der Waals surface area contributed by atoms with Gasteiger partial charge in [0.15, 0.2) is 0 Å². The van der Waals surface area contributed by atoms with Crippen molar-refractivity contribution in [3.63, 3.8) is 0 Å². The lowest BCUT2D eigenvalue weighted by molar-refractivity contribution is -0.136. The van der Waals surface area contributed by atoms with E-state index in [9.17, 15) is 4.79 Å². The molecule has 2 aromatic carbocycles. The summed E-state index contributed by atoms with van der Waals surface area (Å²) in [5, 5.41) is 0. The Bertz CT molecular complexity index is 615. The summed E-state index contributed by atoms with van der Waals surface area (Å²) in [7, 11) is 0. The zero-order valence-corrected chi connectivity index (χ0v) is 13.4. The van der Waals surface area contributed by atoms with E-state index in [2.05, 4.69) is 41.0 Å². The summed E-state index contributed by atoms with van der Waals surface area (Å²) in [6.45, 7) is 4.21. The third-order valence-corrected chi connectivity index (χ3v) is 3.27. The number of carbonyl (C=O) groups excluding carboxylic acids is 1. The summed E-state index contributed by atoms with van der Waals surface area (Å²) in [6.07, 6.45) is 0. The zero-order chi connectivity index (χ0) is 16.3. The molecular formula is C20H21NO2. The Morgan fingerprint density at radius 1 is 0.957 bits per heavy atom. The Labute approximate surface area is 137 Å². The Morgan fingerprint density at radius 2 is 1.48 bits per heavy atom. The van der Waals surface area contributed by atoms with Crippen LogP contribution in [0.5, 0.6) is 0 Å². The predicted molar refractivity (Wildman–Crippen MR) is 91.4 cm³/mol. The molecule has 0 spiro atoms. The van der Waals surface area contributed by atoms with Gasteiger partial charge in [-0.25, -0.2) is 4.79 Å². The maximum atomic E-state index is 11.3. The first-order chi connectivity index (χ1) is 11.3. The zero-order valence-electron chi connectivity index (χ0n) is 13.4. The molecule has 0 saturated heterocycles. The summed E-state index contributed by atoms with van der Waals surface area (Å²) < 4.78 is 4.83. The van der Waals surface area contributed by atoms with Crippen LogP contribution in [0.4, 0.5) is 0 Å². The molecule has 0 aliphatic rings. The van der Waals surface area contributed by atoms with Gasteiger partial charge < -0.3 is 4.74 Å². The second-order valence-electron chi connectivity index (χ2n) is 5.14. The third-order valence-electron chi connectivity index (χ3n) is 3.27. The molecule has 0 aromatic heterocycles. The van der Waals surface area contributed by atoms with Crippen molar-refractivity contribution in [3.8, 4) is 11.8 Å². The molecule has 0 aliphatic heterocycles. The van der Waals surface area contributed by atoms with Crippen LogP contribution in [0, 0.1) is 11.8 Å². The van der Waals surface area contributed by atoms with Crippen molar-refractivity contribution in [3.05, 3.63) is 71.8 Å². The minimum Gasteiger partial charge on any atom is -0.456 e. The first-order valence-electron chi connectivity index (χ1n) is 7.73. The van der Waals surface area contributed by atoms with Crippen molar-refractivity contribution in [2.45, 2.75) is 20.0 Å². The summed E-state index contributed by atoms with van der Waals surface area (Å²) in [6, 6.07) is 20.5. The van der Waals surface area contributed by atoms with Crippen LogP contribution in [-0.2, 0) is 22.6 Å². The molecule has 2 rings (SSSR count). The minimum absolute atomic E-state index is 0.352. The van der Waals surface area contributed by atoms with Crippen LogP contribution in [0.15, 0.2) is 60.7 Å². The molecule has 3 heteroatoms. The molecule has 0 N–H and O–H groups in total. The van der Waals surface area contributed by atoms with Crippen molar-refractivity contribution in [2.24, 2.45) is 0 Å². The van der Waals surface area contributed by atoms with Crippen LogP contribution in [-0.4, -0.2) is 24.0 Å². The molecule has 0 heterocycles. The van der Waals surface area contributed by atoms with Crippen molar-refractivity contribution in [1.82, 2.24) is 4.90 Å². The largest absolute Gasteiger partial charge is 0.456 e. The van der Waals surface area contributed by atoms with Gasteiger partial charge in [0.1, 0.15) is 0 Å². The van der Waals surface area contributed by atoms with Gasteiger partial charge in [-0.1, -0.05) is 66.6 Å². The smallest absolute Gasteiger partial charge is 0.384 e. The lowest BCUT2D eigenvalue weighted by Crippen LogP contribution is -2.23. The van der Waals surface area contributed by atoms with E-state index in [4.69, 9.17) is 4.74 Å². The van der Waals surface area contributed by atoms with E-state index in [-0.39, 0.29) is 0 Å². The molecule has 0 amide bonds. The Morgan fingerprint density at radius 3 is 1.96 bits per heavy atom. The number of carbonyl (C=O) groups is 1. The molecule has 2 aromatic rings. The highest BCUT2D eigenvalue weighted by molar-refractivity contribution is 5.88. The number of rotatable bonds is 6. The van der Waals surface area contributed by atoms with Crippen LogP contribution in [0.2, 0.25) is 0 Å². The first kappa shape index (κ1) is 16.8. The highest BCUT2D eigenvalue weighted by atomic mass is 16.5. The molecule has 0 radical (unpaired) electrons. The van der Waals surface area contributed by atoms with Crippen LogP contribution in [0.1, 0.15) is 18.1 Å². The summed E-state index contributed by atoms with van der Waals surface area (Å²) in [4.78, 5) is 13.5. The molecule has 0 aliphatic carbocycles. The van der Waals surface area contributed by atoms with Gasteiger partial charge in [0.05, 0.1) is 13.2 Å². The van der Waals surface area contributed by atoms with Gasteiger partial charge in [-0.3, -0.25) is 4.90 Å². The number of hydrogen-bond donors (Lipinski definition) is 0. The maximum absolute atomic E-state index is 11.3. The Hall–Kier alpha value is -2.57. The van der Waals surface area contributed by atoms with Crippen molar-refractivity contribution in [2.75, 3.05) is 13.2 Å². The van der Waals surface area contributed by atoms with E-state index < -0.39 is 5.97 Å². The summed E-state index contributed by atoms with van der Waals surface area (Å²) in [5.41, 5.74) is 2.45. The van der Waals surface area contributed by atoms with E-state index in [1.807, 2.05) is 36.4 Å². The fourth-order valence-electron chi connectivity index (χ4n) is 2.24. The topological polar surface area (TPSA) is 29.5 Å². The van der Waals surface area contributed by atoms with Crippen molar-refractivity contribution >= 4 is 5.97 Å². The van der Waals surface area contributed by atoms with Gasteiger partial charge in [0.25, 0.3) is 0 Å². The average Bonchev–Trinajstić information content (AvgIpc) is 2.57. The molecule has 0 atom stereocenters. The highest BCUT2D eigenvalue weighted by Gasteiger charge is 2.06. The van der Waals surface area contributed by atoms with Gasteiger partial charge in [-0.05, 0) is 18.1 Å². The third kappa shape index (κ3) is 6.37. The lowest BCUT2D eigenvalue weighted by atomic mass is 10.1. The standard InChI is InChI=1S/C20H21NO2/c1-2-23-20(22)14-9-15-21(16-18-10-5-3-6-11-18)17-19-12-7-4-8-13-19/h3-8,10-13H,2,15-17H2,1H3. The number of benzene rings is 2. The Kier molecular flexibility index (Phi) is 6.90. The van der Waals surface area contributed by atoms with E-state index in [1.165, 1.54) is 11.1 Å². The molecular weight excluding hydrogens is 286 g/mol.